The van der Waals surface area contributed by atoms with Crippen molar-refractivity contribution in [2.24, 2.45) is 13.5 Å². The molecule has 0 aromatic carbocycles. The van der Waals surface area contributed by atoms with Crippen LogP contribution in [0.4, 0.5) is 0 Å². The van der Waals surface area contributed by atoms with Crippen LogP contribution in [0.2, 0.25) is 0 Å². The first kappa shape index (κ1) is 16.7. The maximum absolute atomic E-state index is 6.24. The molecule has 1 rings (SSSR count). The average molecular weight is 394 g/mol. The van der Waals surface area contributed by atoms with E-state index in [4.69, 9.17) is 27.0 Å². The van der Waals surface area contributed by atoms with Gasteiger partial charge in [0.2, 0.25) is 0 Å². The zero-order valence-corrected chi connectivity index (χ0v) is 16.5. The van der Waals surface area contributed by atoms with Crippen molar-refractivity contribution in [2.45, 2.75) is 0 Å². The standard InChI is InChI=1S/C4H12Cl2N3P3S4/c1-13-11(14-2)7-10(5,6)8-12(9-11,15-3)16-4/h1-4H3. The quantitative estimate of drug-likeness (QED) is 0.457. The Morgan fingerprint density at radius 2 is 1.06 bits per heavy atom. The smallest absolute Gasteiger partial charge is 0.202 e. The van der Waals surface area contributed by atoms with E-state index >= 15 is 0 Å². The van der Waals surface area contributed by atoms with E-state index in [1.807, 2.05) is 25.0 Å². The van der Waals surface area contributed by atoms with Crippen LogP contribution in [0.5, 0.6) is 0 Å². The van der Waals surface area contributed by atoms with Crippen molar-refractivity contribution in [2.75, 3.05) is 25.0 Å². The molecule has 96 valence electrons. The summed E-state index contributed by atoms with van der Waals surface area (Å²) in [6.07, 6.45) is 8.08. The van der Waals surface area contributed by atoms with Gasteiger partial charge in [-0.15, -0.1) is 0 Å². The molecule has 0 N–H and O–H groups in total. The van der Waals surface area contributed by atoms with E-state index in [9.17, 15) is 0 Å². The fraction of sp³-hybridized carbons (Fsp3) is 1.00. The van der Waals surface area contributed by atoms with Crippen LogP contribution in [0.3, 0.4) is 0 Å². The molecular weight excluding hydrogens is 382 g/mol. The van der Waals surface area contributed by atoms with Crippen molar-refractivity contribution in [3.63, 3.8) is 0 Å². The molecule has 0 saturated carbocycles. The van der Waals surface area contributed by atoms with E-state index in [2.05, 4.69) is 9.03 Å². The second kappa shape index (κ2) is 6.41. The van der Waals surface area contributed by atoms with Gasteiger partial charge >= 0.3 is 0 Å². The third kappa shape index (κ3) is 3.84. The van der Waals surface area contributed by atoms with Gasteiger partial charge in [0.05, 0.1) is 0 Å². The molecule has 0 aliphatic carbocycles. The molecule has 12 heteroatoms. The first-order valence-corrected chi connectivity index (χ1v) is 18.1. The molecular formula is C4H12Cl2N3P3S4. The molecule has 0 saturated heterocycles. The van der Waals surface area contributed by atoms with Gasteiger partial charge in [-0.2, -0.15) is 9.03 Å². The van der Waals surface area contributed by atoms with Crippen LogP contribution < -0.4 is 0 Å². The summed E-state index contributed by atoms with van der Waals surface area (Å²) in [5, 5.41) is 0. The van der Waals surface area contributed by atoms with Gasteiger partial charge in [-0.3, -0.25) is 0 Å². The van der Waals surface area contributed by atoms with Crippen LogP contribution in [0.1, 0.15) is 0 Å². The highest BCUT2D eigenvalue weighted by molar-refractivity contribution is 8.96. The minimum Gasteiger partial charge on any atom is -0.202 e. The Labute approximate surface area is 123 Å². The second-order valence-corrected chi connectivity index (χ2v) is 24.1. The molecule has 1 heterocycles. The normalized spacial score (nSPS) is 25.1. The number of nitrogens with zero attached hydrogens (tertiary/aromatic N) is 3. The number of halogens is 2. The van der Waals surface area contributed by atoms with Crippen LogP contribution in [0.25, 0.3) is 0 Å². The molecule has 3 nitrogen and oxygen atoms in total. The summed E-state index contributed by atoms with van der Waals surface area (Å²) in [5.41, 5.74) is -3.69. The van der Waals surface area contributed by atoms with E-state index < -0.39 is 17.1 Å². The Morgan fingerprint density at radius 3 is 1.44 bits per heavy atom. The molecule has 0 atom stereocenters. The van der Waals surface area contributed by atoms with Crippen LogP contribution in [0, 0.1) is 0 Å². The van der Waals surface area contributed by atoms with E-state index in [1.54, 1.807) is 45.5 Å². The van der Waals surface area contributed by atoms with Crippen molar-refractivity contribution in [1.29, 1.82) is 0 Å². The zero-order valence-electron chi connectivity index (χ0n) is 9.07. The lowest BCUT2D eigenvalue weighted by Crippen LogP contribution is -1.73. The lowest BCUT2D eigenvalue weighted by Gasteiger charge is -2.27. The summed E-state index contributed by atoms with van der Waals surface area (Å²) in [6.45, 7) is 0. The van der Waals surface area contributed by atoms with Gasteiger partial charge in [0.15, 0.2) is 11.2 Å². The molecule has 1 aliphatic rings. The lowest BCUT2D eigenvalue weighted by atomic mass is 12.0. The van der Waals surface area contributed by atoms with Gasteiger partial charge < -0.3 is 0 Å². The van der Waals surface area contributed by atoms with Gasteiger partial charge in [-0.1, -0.05) is 45.5 Å². The largest absolute Gasteiger partial charge is 0.256 e. The van der Waals surface area contributed by atoms with Crippen molar-refractivity contribution < 1.29 is 0 Å². The maximum atomic E-state index is 6.24. The Hall–Kier alpha value is 2.67. The Bertz CT molecular complexity index is 405. The topological polar surface area (TPSA) is 37.1 Å². The molecule has 0 fully saturated rings. The highest BCUT2D eigenvalue weighted by Crippen LogP contribution is 2.93. The van der Waals surface area contributed by atoms with Gasteiger partial charge in [0.25, 0.3) is 5.91 Å². The third-order valence-corrected chi connectivity index (χ3v) is 27.6. The third-order valence-electron chi connectivity index (χ3n) is 1.62. The van der Waals surface area contributed by atoms with E-state index in [1.165, 1.54) is 0 Å². The van der Waals surface area contributed by atoms with Crippen molar-refractivity contribution >= 4 is 85.1 Å². The molecule has 0 spiro atoms. The van der Waals surface area contributed by atoms with Crippen molar-refractivity contribution in [3.05, 3.63) is 0 Å². The van der Waals surface area contributed by atoms with Crippen LogP contribution in [0.15, 0.2) is 13.5 Å². The van der Waals surface area contributed by atoms with Gasteiger partial charge in [-0.25, -0.2) is 4.52 Å². The molecule has 16 heavy (non-hydrogen) atoms. The van der Waals surface area contributed by atoms with Gasteiger partial charge in [-0.05, 0) is 47.5 Å². The van der Waals surface area contributed by atoms with Crippen LogP contribution in [-0.2, 0) is 0 Å². The van der Waals surface area contributed by atoms with E-state index in [0.29, 0.717) is 0 Å². The number of hydrogen-bond donors (Lipinski definition) is 0. The summed E-state index contributed by atoms with van der Waals surface area (Å²) < 4.78 is 14.0. The molecule has 0 aromatic heterocycles. The Morgan fingerprint density at radius 1 is 0.688 bits per heavy atom. The average Bonchev–Trinajstić information content (AvgIpc) is 2.26. The predicted molar refractivity (Wildman–Crippen MR) is 93.8 cm³/mol. The molecule has 0 bridgehead atoms. The zero-order chi connectivity index (χ0) is 12.4. The molecule has 1 aliphatic heterocycles. The number of hydrogen-bond acceptors (Lipinski definition) is 7. The lowest BCUT2D eigenvalue weighted by molar-refractivity contribution is 1.81. The van der Waals surface area contributed by atoms with Crippen LogP contribution in [-0.4, -0.2) is 25.0 Å². The van der Waals surface area contributed by atoms with E-state index in [-0.39, 0.29) is 0 Å². The molecule has 0 amide bonds. The number of rotatable bonds is 4. The van der Waals surface area contributed by atoms with Crippen molar-refractivity contribution in [3.8, 4) is 0 Å². The summed E-state index contributed by atoms with van der Waals surface area (Å²) in [6, 6.07) is 0. The van der Waals surface area contributed by atoms with Gasteiger partial charge in [0.1, 0.15) is 0 Å². The van der Waals surface area contributed by atoms with E-state index in [0.717, 1.165) is 0 Å². The summed E-state index contributed by atoms with van der Waals surface area (Å²) in [4.78, 5) is 0. The highest BCUT2D eigenvalue weighted by Gasteiger charge is 2.33. The summed E-state index contributed by atoms with van der Waals surface area (Å²) >= 11 is 19.2. The first-order chi connectivity index (χ1) is 7.36. The Kier molecular flexibility index (Phi) is 6.70. The monoisotopic (exact) mass is 393 g/mol. The molecule has 0 radical (unpaired) electrons. The predicted octanol–water partition coefficient (Wildman–Crippen LogP) is 7.77. The van der Waals surface area contributed by atoms with Crippen molar-refractivity contribution in [1.82, 2.24) is 0 Å². The summed E-state index contributed by atoms with van der Waals surface area (Å²) in [5.74, 6) is -2.53. The van der Waals surface area contributed by atoms with Gasteiger partial charge in [0, 0.05) is 0 Å². The fourth-order valence-electron chi connectivity index (χ4n) is 0.910. The fourth-order valence-corrected chi connectivity index (χ4v) is 32.8. The maximum Gasteiger partial charge on any atom is 0.256 e. The minimum absolute atomic E-state index is 1.67. The minimum atomic E-state index is -2.53. The summed E-state index contributed by atoms with van der Waals surface area (Å²) in [7, 11) is 0. The van der Waals surface area contributed by atoms with Crippen LogP contribution >= 0.6 is 85.1 Å². The highest BCUT2D eigenvalue weighted by atomic mass is 35.9. The SMILES string of the molecule is CSP1(SC)=NP(Cl)(Cl)=NP(SC)(SC)=N1. The first-order valence-electron chi connectivity index (χ1n) is 3.90. The molecule has 0 aromatic rings. The Balaban J connectivity index is 3.53. The second-order valence-electron chi connectivity index (χ2n) is 2.44. The molecule has 0 unspecified atom stereocenters.